The largest absolute Gasteiger partial charge is 0.464 e. The van der Waals surface area contributed by atoms with Crippen molar-refractivity contribution >= 4 is 44.7 Å². The van der Waals surface area contributed by atoms with Crippen LogP contribution in [-0.4, -0.2) is 32.9 Å². The lowest BCUT2D eigenvalue weighted by molar-refractivity contribution is -0.144. The van der Waals surface area contributed by atoms with Crippen LogP contribution in [0, 0.1) is 0 Å². The number of hydrogen-bond acceptors (Lipinski definition) is 6. The van der Waals surface area contributed by atoms with Gasteiger partial charge in [-0.1, -0.05) is 17.7 Å². The molecule has 1 aliphatic rings. The van der Waals surface area contributed by atoms with Crippen molar-refractivity contribution in [3.8, 4) is 10.4 Å². The Morgan fingerprint density at radius 1 is 1.35 bits per heavy atom. The summed E-state index contributed by atoms with van der Waals surface area (Å²) in [5.74, 6) is -1.16. The van der Waals surface area contributed by atoms with E-state index in [-0.39, 0.29) is 17.3 Å². The molecule has 0 saturated heterocycles. The second-order valence-corrected chi connectivity index (χ2v) is 9.26. The van der Waals surface area contributed by atoms with Gasteiger partial charge in [0, 0.05) is 15.5 Å². The molecule has 1 aliphatic heterocycles. The van der Waals surface area contributed by atoms with E-state index in [2.05, 4.69) is 5.32 Å². The Balaban J connectivity index is 1.93. The van der Waals surface area contributed by atoms with Gasteiger partial charge >= 0.3 is 5.97 Å². The summed E-state index contributed by atoms with van der Waals surface area (Å²) in [6.45, 7) is 3.44. The van der Waals surface area contributed by atoms with E-state index >= 15 is 0 Å². The highest BCUT2D eigenvalue weighted by atomic mass is 35.5. The van der Waals surface area contributed by atoms with Crippen molar-refractivity contribution in [3.05, 3.63) is 39.7 Å². The number of nitrogens with one attached hydrogen (secondary N) is 1. The molecule has 0 unspecified atom stereocenters. The summed E-state index contributed by atoms with van der Waals surface area (Å²) in [6.07, 6.45) is 0. The number of sulfone groups is 1. The lowest BCUT2D eigenvalue weighted by Gasteiger charge is -2.16. The highest BCUT2D eigenvalue weighted by molar-refractivity contribution is 7.91. The van der Waals surface area contributed by atoms with E-state index < -0.39 is 27.8 Å². The first-order chi connectivity index (χ1) is 12.2. The Hall–Kier alpha value is -1.90. The molecule has 0 fully saturated rings. The van der Waals surface area contributed by atoms with Crippen LogP contribution in [0.1, 0.15) is 29.1 Å². The first kappa shape index (κ1) is 18.9. The van der Waals surface area contributed by atoms with Gasteiger partial charge in [-0.2, -0.15) is 0 Å². The number of thiophene rings is 1. The highest BCUT2D eigenvalue weighted by Gasteiger charge is 2.31. The minimum atomic E-state index is -3.52. The second kappa shape index (κ2) is 7.02. The predicted octanol–water partition coefficient (Wildman–Crippen LogP) is 3.04. The summed E-state index contributed by atoms with van der Waals surface area (Å²) in [4.78, 5) is 25.3. The molecule has 1 aromatic heterocycles. The summed E-state index contributed by atoms with van der Waals surface area (Å²) >= 11 is 7.12. The number of carbonyl (C=O) groups is 2. The Kier molecular flexibility index (Phi) is 5.09. The number of hydrogen-bond donors (Lipinski definition) is 1. The van der Waals surface area contributed by atoms with Gasteiger partial charge in [0.25, 0.3) is 5.91 Å². The van der Waals surface area contributed by atoms with Crippen molar-refractivity contribution < 1.29 is 22.7 Å². The van der Waals surface area contributed by atoms with Gasteiger partial charge in [0.1, 0.15) is 6.04 Å². The zero-order valence-electron chi connectivity index (χ0n) is 14.0. The number of carbonyl (C=O) groups excluding carboxylic acids is 2. The van der Waals surface area contributed by atoms with Crippen molar-refractivity contribution in [2.24, 2.45) is 0 Å². The van der Waals surface area contributed by atoms with Crippen molar-refractivity contribution in [3.63, 3.8) is 0 Å². The molecule has 0 aliphatic carbocycles. The van der Waals surface area contributed by atoms with Gasteiger partial charge in [-0.15, -0.1) is 11.3 Å². The topological polar surface area (TPSA) is 89.5 Å². The minimum Gasteiger partial charge on any atom is -0.464 e. The summed E-state index contributed by atoms with van der Waals surface area (Å²) in [5.41, 5.74) is 1.11. The SMILES string of the molecule is CCOC(=O)[C@@H](C)NC(=O)c1cc2c(s1)-c1ccc(Cl)cc1S(=O)(=O)C2. The van der Waals surface area contributed by atoms with E-state index in [1.807, 2.05) is 0 Å². The molecule has 0 spiro atoms. The summed E-state index contributed by atoms with van der Waals surface area (Å²) < 4.78 is 29.8. The van der Waals surface area contributed by atoms with Crippen LogP contribution in [0.5, 0.6) is 0 Å². The number of esters is 1. The quantitative estimate of drug-likeness (QED) is 0.778. The standard InChI is InChI=1S/C17H16ClNO5S2/c1-3-24-17(21)9(2)19-16(20)13-6-10-8-26(22,23)14-7-11(18)4-5-12(14)15(10)25-13/h4-7,9H,3,8H2,1-2H3,(H,19,20)/t9-/m1/s1. The normalized spacial score (nSPS) is 15.5. The van der Waals surface area contributed by atoms with Gasteiger partial charge in [0.05, 0.1) is 22.1 Å². The maximum absolute atomic E-state index is 12.5. The maximum atomic E-state index is 12.5. The van der Waals surface area contributed by atoms with Crippen LogP contribution in [0.4, 0.5) is 0 Å². The van der Waals surface area contributed by atoms with Crippen molar-refractivity contribution in [1.29, 1.82) is 0 Å². The van der Waals surface area contributed by atoms with E-state index in [1.165, 1.54) is 24.3 Å². The Morgan fingerprint density at radius 2 is 2.08 bits per heavy atom. The monoisotopic (exact) mass is 413 g/mol. The summed E-state index contributed by atoms with van der Waals surface area (Å²) in [7, 11) is -3.52. The van der Waals surface area contributed by atoms with Crippen molar-refractivity contribution in [1.82, 2.24) is 5.32 Å². The molecule has 0 radical (unpaired) electrons. The van der Waals surface area contributed by atoms with E-state index in [0.717, 1.165) is 4.88 Å². The molecule has 2 aromatic rings. The third-order valence-electron chi connectivity index (χ3n) is 3.89. The molecule has 1 N–H and O–H groups in total. The van der Waals surface area contributed by atoms with Crippen molar-refractivity contribution in [2.45, 2.75) is 30.5 Å². The highest BCUT2D eigenvalue weighted by Crippen LogP contribution is 2.43. The number of ether oxygens (including phenoxy) is 1. The van der Waals surface area contributed by atoms with Crippen molar-refractivity contribution in [2.75, 3.05) is 6.61 Å². The lowest BCUT2D eigenvalue weighted by Crippen LogP contribution is -2.39. The lowest BCUT2D eigenvalue weighted by atomic mass is 10.1. The van der Waals surface area contributed by atoms with Crippen LogP contribution in [0.15, 0.2) is 29.2 Å². The fourth-order valence-electron chi connectivity index (χ4n) is 2.69. The molecule has 26 heavy (non-hydrogen) atoms. The summed E-state index contributed by atoms with van der Waals surface area (Å²) in [6, 6.07) is 5.45. The average Bonchev–Trinajstić information content (AvgIpc) is 2.98. The fraction of sp³-hybridized carbons (Fsp3) is 0.294. The number of rotatable bonds is 4. The van der Waals surface area contributed by atoms with Crippen LogP contribution in [0.2, 0.25) is 5.02 Å². The van der Waals surface area contributed by atoms with Crippen LogP contribution in [0.3, 0.4) is 0 Å². The number of benzene rings is 1. The van der Waals surface area contributed by atoms with Gasteiger partial charge in [-0.3, -0.25) is 4.79 Å². The molecule has 6 nitrogen and oxygen atoms in total. The van der Waals surface area contributed by atoms with E-state index in [0.29, 0.717) is 21.0 Å². The molecule has 1 aromatic carbocycles. The predicted molar refractivity (Wildman–Crippen MR) is 99.2 cm³/mol. The van der Waals surface area contributed by atoms with Crippen LogP contribution >= 0.6 is 22.9 Å². The smallest absolute Gasteiger partial charge is 0.328 e. The summed E-state index contributed by atoms with van der Waals surface area (Å²) in [5, 5.41) is 2.91. The van der Waals surface area contributed by atoms with Crippen LogP contribution < -0.4 is 5.32 Å². The molecule has 3 rings (SSSR count). The van der Waals surface area contributed by atoms with E-state index in [9.17, 15) is 18.0 Å². The first-order valence-corrected chi connectivity index (χ1v) is 10.7. The Morgan fingerprint density at radius 3 is 2.77 bits per heavy atom. The Bertz CT molecular complexity index is 997. The van der Waals surface area contributed by atoms with Gasteiger partial charge in [0.2, 0.25) is 0 Å². The first-order valence-electron chi connectivity index (χ1n) is 7.86. The molecule has 0 saturated carbocycles. The zero-order valence-corrected chi connectivity index (χ0v) is 16.4. The maximum Gasteiger partial charge on any atom is 0.328 e. The van der Waals surface area contributed by atoms with E-state index in [4.69, 9.17) is 16.3 Å². The third-order valence-corrected chi connectivity index (χ3v) is 7.03. The fourth-order valence-corrected chi connectivity index (χ4v) is 5.81. The van der Waals surface area contributed by atoms with Gasteiger partial charge in [0.15, 0.2) is 9.84 Å². The number of fused-ring (bicyclic) bond motifs is 3. The van der Waals surface area contributed by atoms with Crippen LogP contribution in [-0.2, 0) is 25.1 Å². The molecule has 1 atom stereocenters. The zero-order chi connectivity index (χ0) is 19.1. The van der Waals surface area contributed by atoms with Gasteiger partial charge in [-0.25, -0.2) is 13.2 Å². The molecule has 0 bridgehead atoms. The number of halogens is 1. The second-order valence-electron chi connectivity index (χ2n) is 5.81. The molecule has 2 heterocycles. The average molecular weight is 414 g/mol. The Labute approximate surface area is 160 Å². The minimum absolute atomic E-state index is 0.172. The van der Waals surface area contributed by atoms with Gasteiger partial charge in [-0.05, 0) is 37.6 Å². The molecule has 1 amide bonds. The van der Waals surface area contributed by atoms with Gasteiger partial charge < -0.3 is 10.1 Å². The van der Waals surface area contributed by atoms with Crippen LogP contribution in [0.25, 0.3) is 10.4 Å². The molecule has 138 valence electrons. The van der Waals surface area contributed by atoms with E-state index in [1.54, 1.807) is 25.1 Å². The number of amides is 1. The molecular formula is C17H16ClNO5S2. The molecular weight excluding hydrogens is 398 g/mol. The third kappa shape index (κ3) is 3.49. The molecule has 9 heteroatoms.